The molecule has 1 nitrogen and oxygen atoms in total. The number of rotatable bonds is 2. The van der Waals surface area contributed by atoms with Crippen molar-refractivity contribution in [2.45, 2.75) is 26.7 Å². The van der Waals surface area contributed by atoms with Gasteiger partial charge in [0.25, 0.3) is 0 Å². The van der Waals surface area contributed by atoms with Gasteiger partial charge in [-0.05, 0) is 25.0 Å². The fraction of sp³-hybridized carbons (Fsp3) is 0.500. The molecule has 58 valence electrons. The Morgan fingerprint density at radius 1 is 1.10 bits per heavy atom. The molecule has 0 aliphatic carbocycles. The van der Waals surface area contributed by atoms with Crippen molar-refractivity contribution in [3.05, 3.63) is 23.5 Å². The zero-order valence-corrected chi connectivity index (χ0v) is 8.16. The summed E-state index contributed by atoms with van der Waals surface area (Å²) in [7, 11) is 0. The summed E-state index contributed by atoms with van der Waals surface area (Å²) in [6, 6.07) is 4.30. The van der Waals surface area contributed by atoms with Crippen molar-refractivity contribution in [2.75, 3.05) is 0 Å². The molecule has 10 heavy (non-hydrogen) atoms. The van der Waals surface area contributed by atoms with Crippen LogP contribution in [-0.2, 0) is 32.3 Å². The number of nitrogens with one attached hydrogen (secondary N) is 1. The van der Waals surface area contributed by atoms with Gasteiger partial charge in [-0.2, -0.15) is 0 Å². The Hall–Kier alpha value is -0.0966. The maximum absolute atomic E-state index is 3.31. The first-order valence-corrected chi connectivity index (χ1v) is 3.53. The van der Waals surface area contributed by atoms with E-state index in [1.807, 2.05) is 0 Å². The van der Waals surface area contributed by atoms with Gasteiger partial charge in [-0.15, -0.1) is 0 Å². The molecule has 0 aliphatic rings. The number of aromatic amines is 1. The van der Waals surface area contributed by atoms with E-state index >= 15 is 0 Å². The number of hydrogen-bond acceptors (Lipinski definition) is 0. The first kappa shape index (κ1) is 9.90. The molecule has 1 N–H and O–H groups in total. The maximum atomic E-state index is 3.31. The minimum Gasteiger partial charge on any atom is -0.362 e. The zero-order valence-electron chi connectivity index (χ0n) is 6.42. The Balaban J connectivity index is 0.000000810. The molecule has 1 aromatic rings. The van der Waals surface area contributed by atoms with E-state index in [4.69, 9.17) is 0 Å². The molecule has 1 rings (SSSR count). The van der Waals surface area contributed by atoms with Crippen LogP contribution in [0.15, 0.2) is 12.1 Å². The van der Waals surface area contributed by atoms with E-state index in [0.717, 1.165) is 12.8 Å². The Morgan fingerprint density at radius 2 is 1.50 bits per heavy atom. The van der Waals surface area contributed by atoms with Crippen LogP contribution in [0.1, 0.15) is 25.2 Å². The van der Waals surface area contributed by atoms with Crippen molar-refractivity contribution >= 4 is 0 Å². The average molecular weight is 224 g/mol. The molecule has 0 unspecified atom stereocenters. The van der Waals surface area contributed by atoms with Gasteiger partial charge in [0.05, 0.1) is 0 Å². The normalized spacial score (nSPS) is 9.00. The van der Waals surface area contributed by atoms with E-state index in [9.17, 15) is 0 Å². The summed E-state index contributed by atoms with van der Waals surface area (Å²) in [6.45, 7) is 4.32. The van der Waals surface area contributed by atoms with Crippen molar-refractivity contribution in [1.82, 2.24) is 4.98 Å². The van der Waals surface area contributed by atoms with Crippen LogP contribution in [0.5, 0.6) is 0 Å². The second-order valence-corrected chi connectivity index (χ2v) is 2.22. The summed E-state index contributed by atoms with van der Waals surface area (Å²) in [5.41, 5.74) is 2.68. The van der Waals surface area contributed by atoms with Crippen LogP contribution in [0.2, 0.25) is 0 Å². The minimum absolute atomic E-state index is 0. The number of hydrogen-bond donors (Lipinski definition) is 1. The van der Waals surface area contributed by atoms with Crippen LogP contribution in [0.25, 0.3) is 0 Å². The monoisotopic (exact) mass is 225 g/mol. The van der Waals surface area contributed by atoms with E-state index in [1.54, 1.807) is 0 Å². The standard InChI is InChI=1S/C8H13N.Ru/c1-3-7-5-6-8(4-2)9-7;/h5-6,9H,3-4H2,1-2H3;. The molecule has 0 spiro atoms. The Labute approximate surface area is 75.0 Å². The Morgan fingerprint density at radius 3 is 1.70 bits per heavy atom. The van der Waals surface area contributed by atoms with E-state index in [1.165, 1.54) is 11.4 Å². The molecule has 0 aromatic carbocycles. The second-order valence-electron chi connectivity index (χ2n) is 2.22. The minimum atomic E-state index is 0. The van der Waals surface area contributed by atoms with Gasteiger partial charge in [0.1, 0.15) is 0 Å². The van der Waals surface area contributed by atoms with Crippen LogP contribution in [-0.4, -0.2) is 4.98 Å². The van der Waals surface area contributed by atoms with Gasteiger partial charge in [0.15, 0.2) is 0 Å². The number of H-pyrrole nitrogens is 1. The molecule has 0 saturated heterocycles. The van der Waals surface area contributed by atoms with E-state index in [-0.39, 0.29) is 19.5 Å². The van der Waals surface area contributed by atoms with E-state index in [0.29, 0.717) is 0 Å². The average Bonchev–Trinajstić information content (AvgIpc) is 2.34. The van der Waals surface area contributed by atoms with Crippen molar-refractivity contribution in [1.29, 1.82) is 0 Å². The largest absolute Gasteiger partial charge is 0.362 e. The van der Waals surface area contributed by atoms with Crippen molar-refractivity contribution in [3.63, 3.8) is 0 Å². The molecule has 0 atom stereocenters. The fourth-order valence-electron chi connectivity index (χ4n) is 0.903. The van der Waals surface area contributed by atoms with Gasteiger partial charge in [-0.25, -0.2) is 0 Å². The maximum Gasteiger partial charge on any atom is 0.0146 e. The zero-order chi connectivity index (χ0) is 6.69. The first-order valence-electron chi connectivity index (χ1n) is 3.53. The molecule has 2 heteroatoms. The summed E-state index contributed by atoms with van der Waals surface area (Å²) in [6.07, 6.45) is 2.22. The number of aryl methyl sites for hydroxylation is 2. The van der Waals surface area contributed by atoms with Crippen molar-refractivity contribution in [2.24, 2.45) is 0 Å². The molecule has 0 saturated carbocycles. The van der Waals surface area contributed by atoms with Crippen LogP contribution in [0, 0.1) is 0 Å². The third-order valence-electron chi connectivity index (χ3n) is 1.57. The Bertz CT molecular complexity index is 163. The van der Waals surface area contributed by atoms with Crippen molar-refractivity contribution < 1.29 is 19.5 Å². The van der Waals surface area contributed by atoms with Gasteiger partial charge >= 0.3 is 0 Å². The summed E-state index contributed by atoms with van der Waals surface area (Å²) >= 11 is 0. The van der Waals surface area contributed by atoms with Crippen LogP contribution in [0.3, 0.4) is 0 Å². The quantitative estimate of drug-likeness (QED) is 0.741. The molecular formula is C8H13NRu. The second kappa shape index (κ2) is 4.68. The SMILES string of the molecule is CCc1ccc(CC)[nH]1.[Ru]. The third-order valence-corrected chi connectivity index (χ3v) is 1.57. The van der Waals surface area contributed by atoms with Crippen LogP contribution >= 0.6 is 0 Å². The summed E-state index contributed by atoms with van der Waals surface area (Å²) in [5.74, 6) is 0. The summed E-state index contributed by atoms with van der Waals surface area (Å²) in [5, 5.41) is 0. The molecule has 0 aliphatic heterocycles. The van der Waals surface area contributed by atoms with E-state index < -0.39 is 0 Å². The van der Waals surface area contributed by atoms with Gasteiger partial charge in [-0.1, -0.05) is 13.8 Å². The van der Waals surface area contributed by atoms with Crippen LogP contribution < -0.4 is 0 Å². The smallest absolute Gasteiger partial charge is 0.0146 e. The molecule has 1 aromatic heterocycles. The topological polar surface area (TPSA) is 15.8 Å². The van der Waals surface area contributed by atoms with Gasteiger partial charge < -0.3 is 4.98 Å². The molecule has 0 fully saturated rings. The molecule has 0 radical (unpaired) electrons. The Kier molecular flexibility index (Phi) is 4.63. The van der Waals surface area contributed by atoms with Gasteiger partial charge in [0, 0.05) is 30.9 Å². The predicted octanol–water partition coefficient (Wildman–Crippen LogP) is 2.14. The van der Waals surface area contributed by atoms with E-state index in [2.05, 4.69) is 31.0 Å². The molecule has 1 heterocycles. The molecular weight excluding hydrogens is 211 g/mol. The van der Waals surface area contributed by atoms with Crippen LogP contribution in [0.4, 0.5) is 0 Å². The molecule has 0 amide bonds. The first-order chi connectivity index (χ1) is 4.36. The molecule has 0 bridgehead atoms. The predicted molar refractivity (Wildman–Crippen MR) is 39.5 cm³/mol. The fourth-order valence-corrected chi connectivity index (χ4v) is 0.903. The number of aromatic nitrogens is 1. The summed E-state index contributed by atoms with van der Waals surface area (Å²) < 4.78 is 0. The summed E-state index contributed by atoms with van der Waals surface area (Å²) in [4.78, 5) is 3.31. The third kappa shape index (κ3) is 2.26. The van der Waals surface area contributed by atoms with Gasteiger partial charge in [0.2, 0.25) is 0 Å². The van der Waals surface area contributed by atoms with Crippen molar-refractivity contribution in [3.8, 4) is 0 Å². The van der Waals surface area contributed by atoms with Gasteiger partial charge in [-0.3, -0.25) is 0 Å².